The van der Waals surface area contributed by atoms with E-state index in [1.165, 1.54) is 77.9 Å². The van der Waals surface area contributed by atoms with Gasteiger partial charge in [-0.15, -0.1) is 0 Å². The van der Waals surface area contributed by atoms with Gasteiger partial charge < -0.3 is 4.90 Å². The summed E-state index contributed by atoms with van der Waals surface area (Å²) in [5.74, 6) is 0. The summed E-state index contributed by atoms with van der Waals surface area (Å²) >= 11 is 0. The first-order valence-corrected chi connectivity index (χ1v) is 20.7. The molecule has 0 saturated heterocycles. The van der Waals surface area contributed by atoms with Gasteiger partial charge >= 0.3 is 0 Å². The van der Waals surface area contributed by atoms with Crippen LogP contribution in [0.4, 0.5) is 17.1 Å². The molecule has 1 nitrogen and oxygen atoms in total. The lowest BCUT2D eigenvalue weighted by Crippen LogP contribution is -2.23. The second kappa shape index (κ2) is 13.7. The molecular weight excluding hydrogens is 711 g/mol. The van der Waals surface area contributed by atoms with Gasteiger partial charge in [0.2, 0.25) is 0 Å². The zero-order valence-electron chi connectivity index (χ0n) is 33.3. The van der Waals surface area contributed by atoms with Crippen LogP contribution >= 0.6 is 0 Å². The van der Waals surface area contributed by atoms with Crippen LogP contribution in [-0.2, 0) is 10.8 Å². The smallest absolute Gasteiger partial charge is 0.0473 e. The van der Waals surface area contributed by atoms with Crippen LogP contribution in [0.5, 0.6) is 0 Å². The van der Waals surface area contributed by atoms with E-state index >= 15 is 0 Å². The molecule has 11 rings (SSSR count). The number of fused-ring (bicyclic) bond motifs is 6. The van der Waals surface area contributed by atoms with E-state index in [1.54, 1.807) is 0 Å². The van der Waals surface area contributed by atoms with Crippen LogP contribution < -0.4 is 4.90 Å². The lowest BCUT2D eigenvalue weighted by molar-refractivity contribution is 0.713. The molecule has 280 valence electrons. The van der Waals surface area contributed by atoms with Crippen LogP contribution in [0.25, 0.3) is 44.5 Å². The summed E-state index contributed by atoms with van der Waals surface area (Å²) in [4.78, 5) is 2.50. The minimum absolute atomic E-state index is 0.332. The van der Waals surface area contributed by atoms with Crippen molar-refractivity contribution >= 4 is 17.1 Å². The molecule has 2 aliphatic rings. The van der Waals surface area contributed by atoms with E-state index < -0.39 is 0 Å². The maximum atomic E-state index is 2.50. The van der Waals surface area contributed by atoms with Crippen molar-refractivity contribution in [2.75, 3.05) is 4.90 Å². The van der Waals surface area contributed by atoms with E-state index in [-0.39, 0.29) is 10.8 Å². The Morgan fingerprint density at radius 1 is 0.271 bits per heavy atom. The van der Waals surface area contributed by atoms with E-state index in [1.807, 2.05) is 0 Å². The largest absolute Gasteiger partial charge is 0.310 e. The Kier molecular flexibility index (Phi) is 8.13. The predicted molar refractivity (Wildman–Crippen MR) is 247 cm³/mol. The lowest BCUT2D eigenvalue weighted by Gasteiger charge is -2.32. The molecular formula is C58H43N. The quantitative estimate of drug-likeness (QED) is 0.157. The number of rotatable bonds is 7. The van der Waals surface area contributed by atoms with Gasteiger partial charge in [-0.25, -0.2) is 0 Å². The fourth-order valence-electron chi connectivity index (χ4n) is 10.2. The summed E-state index contributed by atoms with van der Waals surface area (Å²) in [7, 11) is 0. The summed E-state index contributed by atoms with van der Waals surface area (Å²) in [6.07, 6.45) is 0. The molecule has 0 amide bonds. The maximum absolute atomic E-state index is 2.50. The van der Waals surface area contributed by atoms with Crippen molar-refractivity contribution < 1.29 is 0 Å². The Bertz CT molecular complexity index is 2800. The van der Waals surface area contributed by atoms with Crippen LogP contribution in [0.15, 0.2) is 224 Å². The first-order valence-electron chi connectivity index (χ1n) is 20.7. The molecule has 1 heteroatoms. The van der Waals surface area contributed by atoms with Crippen LogP contribution in [-0.4, -0.2) is 0 Å². The molecule has 2 unspecified atom stereocenters. The number of hydrogen-bond acceptors (Lipinski definition) is 1. The van der Waals surface area contributed by atoms with Gasteiger partial charge in [-0.3, -0.25) is 0 Å². The molecule has 0 saturated carbocycles. The summed E-state index contributed by atoms with van der Waals surface area (Å²) in [6.45, 7) is 4.81. The fraction of sp³-hybridized carbons (Fsp3) is 0.0690. The molecule has 9 aromatic carbocycles. The van der Waals surface area contributed by atoms with Crippen molar-refractivity contribution in [3.63, 3.8) is 0 Å². The number of nitrogens with zero attached hydrogens (tertiary/aromatic N) is 1. The van der Waals surface area contributed by atoms with Crippen LogP contribution in [0, 0.1) is 0 Å². The minimum Gasteiger partial charge on any atom is -0.310 e. The highest BCUT2D eigenvalue weighted by atomic mass is 15.1. The Morgan fingerprint density at radius 2 is 0.627 bits per heavy atom. The Morgan fingerprint density at radius 3 is 1.05 bits per heavy atom. The summed E-state index contributed by atoms with van der Waals surface area (Å²) in [5.41, 5.74) is 20.5. The second-order valence-corrected chi connectivity index (χ2v) is 16.4. The third kappa shape index (κ3) is 5.46. The third-order valence-corrected chi connectivity index (χ3v) is 13.2. The van der Waals surface area contributed by atoms with E-state index in [4.69, 9.17) is 0 Å². The highest BCUT2D eigenvalue weighted by Crippen LogP contribution is 2.56. The monoisotopic (exact) mass is 753 g/mol. The van der Waals surface area contributed by atoms with Gasteiger partial charge in [-0.1, -0.05) is 182 Å². The first-order chi connectivity index (χ1) is 29.0. The zero-order chi connectivity index (χ0) is 39.6. The molecule has 2 aliphatic carbocycles. The molecule has 0 aliphatic heterocycles. The van der Waals surface area contributed by atoms with Gasteiger partial charge in [0.1, 0.15) is 0 Å². The lowest BCUT2D eigenvalue weighted by atomic mass is 9.74. The zero-order valence-corrected chi connectivity index (χ0v) is 33.3. The standard InChI is InChI=1S/C58H43N/c1-57(44-23-11-5-12-24-44)53-29-17-15-27-49(53)51-33-31-46(38-55(51)57)59(48-36-42(40-19-7-3-8-20-40)35-43(37-48)41-21-9-4-10-22-41)47-32-34-52-50-28-16-18-30-54(50)58(2,56(52)39-47)45-25-13-6-14-26-45/h3-39H,1-2H3. The fourth-order valence-corrected chi connectivity index (χ4v) is 10.2. The Balaban J connectivity index is 1.18. The van der Waals surface area contributed by atoms with E-state index in [0.717, 1.165) is 17.1 Å². The van der Waals surface area contributed by atoms with Crippen LogP contribution in [0.3, 0.4) is 0 Å². The molecule has 9 aromatic rings. The molecule has 0 heterocycles. The van der Waals surface area contributed by atoms with Crippen LogP contribution in [0.1, 0.15) is 47.2 Å². The summed E-state index contributed by atoms with van der Waals surface area (Å²) in [5, 5.41) is 0. The highest BCUT2D eigenvalue weighted by molar-refractivity contribution is 5.91. The van der Waals surface area contributed by atoms with Crippen molar-refractivity contribution in [3.8, 4) is 44.5 Å². The number of benzene rings is 9. The van der Waals surface area contributed by atoms with Crippen molar-refractivity contribution in [2.24, 2.45) is 0 Å². The average Bonchev–Trinajstić information content (AvgIpc) is 3.73. The summed E-state index contributed by atoms with van der Waals surface area (Å²) in [6, 6.07) is 83.0. The molecule has 0 spiro atoms. The van der Waals surface area contributed by atoms with Gasteiger partial charge in [0.25, 0.3) is 0 Å². The minimum atomic E-state index is -0.332. The van der Waals surface area contributed by atoms with Crippen molar-refractivity contribution in [1.82, 2.24) is 0 Å². The van der Waals surface area contributed by atoms with Gasteiger partial charge in [0.15, 0.2) is 0 Å². The molecule has 0 N–H and O–H groups in total. The Labute approximate surface area is 347 Å². The topological polar surface area (TPSA) is 3.24 Å². The molecule has 0 aromatic heterocycles. The average molecular weight is 754 g/mol. The normalized spacial score (nSPS) is 17.1. The van der Waals surface area contributed by atoms with Gasteiger partial charge in [0, 0.05) is 27.9 Å². The number of hydrogen-bond donors (Lipinski definition) is 0. The van der Waals surface area contributed by atoms with Gasteiger partial charge in [0.05, 0.1) is 0 Å². The molecule has 2 atom stereocenters. The highest BCUT2D eigenvalue weighted by Gasteiger charge is 2.43. The van der Waals surface area contributed by atoms with E-state index in [2.05, 4.69) is 243 Å². The predicted octanol–water partition coefficient (Wildman–Crippen LogP) is 15.2. The third-order valence-electron chi connectivity index (χ3n) is 13.2. The second-order valence-electron chi connectivity index (χ2n) is 16.4. The molecule has 59 heavy (non-hydrogen) atoms. The number of anilines is 3. The van der Waals surface area contributed by atoms with Gasteiger partial charge in [-0.05, 0) is 134 Å². The summed E-state index contributed by atoms with van der Waals surface area (Å²) < 4.78 is 0. The van der Waals surface area contributed by atoms with Crippen molar-refractivity contribution in [2.45, 2.75) is 24.7 Å². The van der Waals surface area contributed by atoms with E-state index in [0.29, 0.717) is 0 Å². The van der Waals surface area contributed by atoms with Crippen LogP contribution in [0.2, 0.25) is 0 Å². The van der Waals surface area contributed by atoms with Crippen molar-refractivity contribution in [1.29, 1.82) is 0 Å². The molecule has 0 bridgehead atoms. The first kappa shape index (κ1) is 35.0. The van der Waals surface area contributed by atoms with Crippen molar-refractivity contribution in [3.05, 3.63) is 258 Å². The Hall–Kier alpha value is -7.22. The SMILES string of the molecule is CC1(c2ccccc2)c2ccccc2-c2ccc(N(c3cc(-c4ccccc4)cc(-c4ccccc4)c3)c3ccc4c(c3)C(C)(c3ccccc3)c3ccccc3-4)cc21. The van der Waals surface area contributed by atoms with E-state index in [9.17, 15) is 0 Å². The maximum Gasteiger partial charge on any atom is 0.0473 e. The molecule has 0 fully saturated rings. The molecule has 0 radical (unpaired) electrons. The van der Waals surface area contributed by atoms with Gasteiger partial charge in [-0.2, -0.15) is 0 Å².